The predicted molar refractivity (Wildman–Crippen MR) is 82.8 cm³/mol. The third-order valence-electron chi connectivity index (χ3n) is 3.27. The van der Waals surface area contributed by atoms with Gasteiger partial charge >= 0.3 is 5.97 Å². The van der Waals surface area contributed by atoms with Gasteiger partial charge in [-0.2, -0.15) is 5.26 Å². The number of esters is 1. The fourth-order valence-electron chi connectivity index (χ4n) is 1.96. The summed E-state index contributed by atoms with van der Waals surface area (Å²) in [7, 11) is 0. The molecule has 2 aromatic rings. The summed E-state index contributed by atoms with van der Waals surface area (Å²) in [5.74, 6) is -4.56. The van der Waals surface area contributed by atoms with Crippen molar-refractivity contribution >= 4 is 5.97 Å². The van der Waals surface area contributed by atoms with Crippen molar-refractivity contribution in [1.29, 1.82) is 5.26 Å². The molecule has 0 saturated carbocycles. The van der Waals surface area contributed by atoms with E-state index < -0.39 is 40.3 Å². The van der Waals surface area contributed by atoms with E-state index >= 15 is 0 Å². The molecule has 0 N–H and O–H groups in total. The lowest BCUT2D eigenvalue weighted by Gasteiger charge is -2.09. The van der Waals surface area contributed by atoms with Crippen LogP contribution in [0.15, 0.2) is 30.3 Å². The molecule has 7 heteroatoms. The third kappa shape index (κ3) is 4.51. The Balaban J connectivity index is 2.15. The predicted octanol–water partition coefficient (Wildman–Crippen LogP) is 4.37. The van der Waals surface area contributed by atoms with Crippen molar-refractivity contribution < 1.29 is 27.4 Å². The van der Waals surface area contributed by atoms with E-state index in [0.29, 0.717) is 18.7 Å². The van der Waals surface area contributed by atoms with Gasteiger partial charge in [0.15, 0.2) is 0 Å². The topological polar surface area (TPSA) is 59.3 Å². The quantitative estimate of drug-likeness (QED) is 0.441. The molecule has 0 aliphatic heterocycles. The number of carbonyl (C=O) groups excluding carboxylic acids is 1. The van der Waals surface area contributed by atoms with Crippen molar-refractivity contribution in [2.75, 3.05) is 6.61 Å². The second-order valence-corrected chi connectivity index (χ2v) is 5.11. The van der Waals surface area contributed by atoms with E-state index in [-0.39, 0.29) is 5.75 Å². The van der Waals surface area contributed by atoms with Crippen LogP contribution in [-0.4, -0.2) is 12.6 Å². The number of benzene rings is 2. The molecule has 0 amide bonds. The van der Waals surface area contributed by atoms with Gasteiger partial charge in [0.2, 0.25) is 0 Å². The van der Waals surface area contributed by atoms with Crippen molar-refractivity contribution in [2.24, 2.45) is 0 Å². The van der Waals surface area contributed by atoms with Crippen molar-refractivity contribution in [3.8, 4) is 17.6 Å². The smallest absolute Gasteiger partial charge is 0.346 e. The molecule has 2 aromatic carbocycles. The summed E-state index contributed by atoms with van der Waals surface area (Å²) >= 11 is 0. The van der Waals surface area contributed by atoms with Crippen molar-refractivity contribution in [3.05, 3.63) is 58.9 Å². The van der Waals surface area contributed by atoms with Gasteiger partial charge in [0.05, 0.1) is 12.2 Å². The van der Waals surface area contributed by atoms with Gasteiger partial charge in [-0.05, 0) is 18.6 Å². The fraction of sp³-hybridized carbons (Fsp3) is 0.222. The van der Waals surface area contributed by atoms with E-state index in [1.165, 1.54) is 12.1 Å². The summed E-state index contributed by atoms with van der Waals surface area (Å²) in [5, 5.41) is 8.59. The van der Waals surface area contributed by atoms with Crippen LogP contribution in [0.25, 0.3) is 0 Å². The lowest BCUT2D eigenvalue weighted by molar-refractivity contribution is 0.0729. The summed E-state index contributed by atoms with van der Waals surface area (Å²) < 4.78 is 51.1. The van der Waals surface area contributed by atoms with E-state index in [0.717, 1.165) is 25.0 Å². The highest BCUT2D eigenvalue weighted by atomic mass is 19.1. The number of unbranched alkanes of at least 4 members (excludes halogenated alkanes) is 1. The van der Waals surface area contributed by atoms with Gasteiger partial charge in [-0.1, -0.05) is 13.3 Å². The maximum absolute atomic E-state index is 14.0. The second kappa shape index (κ2) is 8.20. The Bertz CT molecular complexity index is 808. The second-order valence-electron chi connectivity index (χ2n) is 5.11. The van der Waals surface area contributed by atoms with Crippen LogP contribution in [0.5, 0.6) is 11.5 Å². The lowest BCUT2D eigenvalue weighted by atomic mass is 10.2. The molecule has 4 nitrogen and oxygen atoms in total. The maximum atomic E-state index is 14.0. The van der Waals surface area contributed by atoms with Crippen molar-refractivity contribution in [3.63, 3.8) is 0 Å². The molecule has 0 aliphatic carbocycles. The Morgan fingerprint density at radius 3 is 2.28 bits per heavy atom. The Kier molecular flexibility index (Phi) is 6.01. The third-order valence-corrected chi connectivity index (χ3v) is 3.27. The highest BCUT2D eigenvalue weighted by Crippen LogP contribution is 2.23. The number of ether oxygens (including phenoxy) is 2. The Morgan fingerprint density at radius 2 is 1.72 bits per heavy atom. The first-order valence-electron chi connectivity index (χ1n) is 7.50. The monoisotopic (exact) mass is 349 g/mol. The molecule has 130 valence electrons. The molecule has 25 heavy (non-hydrogen) atoms. The molecule has 0 heterocycles. The number of nitrogens with zero attached hydrogens (tertiary/aromatic N) is 1. The van der Waals surface area contributed by atoms with Crippen LogP contribution in [0, 0.1) is 28.8 Å². The van der Waals surface area contributed by atoms with Crippen LogP contribution in [0.2, 0.25) is 0 Å². The summed E-state index contributed by atoms with van der Waals surface area (Å²) in [6, 6.07) is 6.30. The molecular weight excluding hydrogens is 335 g/mol. The van der Waals surface area contributed by atoms with Crippen molar-refractivity contribution in [1.82, 2.24) is 0 Å². The molecule has 0 atom stereocenters. The average Bonchev–Trinajstić information content (AvgIpc) is 2.55. The molecule has 2 rings (SSSR count). The van der Waals surface area contributed by atoms with E-state index in [9.17, 15) is 18.0 Å². The minimum atomic E-state index is -1.18. The normalized spacial score (nSPS) is 10.2. The van der Waals surface area contributed by atoms with Gasteiger partial charge < -0.3 is 9.47 Å². The average molecular weight is 349 g/mol. The van der Waals surface area contributed by atoms with Crippen LogP contribution in [0.3, 0.4) is 0 Å². The largest absolute Gasteiger partial charge is 0.493 e. The van der Waals surface area contributed by atoms with Gasteiger partial charge in [0.1, 0.15) is 40.6 Å². The molecule has 0 spiro atoms. The maximum Gasteiger partial charge on any atom is 0.346 e. The zero-order valence-electron chi connectivity index (χ0n) is 13.3. The van der Waals surface area contributed by atoms with Crippen LogP contribution in [0.1, 0.15) is 35.7 Å². The molecule has 0 aliphatic rings. The van der Waals surface area contributed by atoms with Gasteiger partial charge in [0, 0.05) is 18.2 Å². The van der Waals surface area contributed by atoms with E-state index in [4.69, 9.17) is 14.7 Å². The minimum Gasteiger partial charge on any atom is -0.493 e. The van der Waals surface area contributed by atoms with E-state index in [1.807, 2.05) is 6.92 Å². The first kappa shape index (κ1) is 18.3. The molecule has 0 unspecified atom stereocenters. The number of hydrogen-bond acceptors (Lipinski definition) is 4. The summed E-state index contributed by atoms with van der Waals surface area (Å²) in [4.78, 5) is 12.0. The van der Waals surface area contributed by atoms with Crippen LogP contribution in [0.4, 0.5) is 13.2 Å². The molecule has 0 fully saturated rings. The first-order chi connectivity index (χ1) is 12.0. The van der Waals surface area contributed by atoms with Crippen LogP contribution < -0.4 is 9.47 Å². The lowest BCUT2D eigenvalue weighted by Crippen LogP contribution is -2.11. The number of nitriles is 1. The van der Waals surface area contributed by atoms with Crippen LogP contribution >= 0.6 is 0 Å². The number of rotatable bonds is 6. The molecule has 0 radical (unpaired) electrons. The molecule has 0 bridgehead atoms. The summed E-state index contributed by atoms with van der Waals surface area (Å²) in [6.45, 7) is 2.40. The standard InChI is InChI=1S/C18H14F3NO3/c1-2-3-6-24-11-4-5-13(15(19)7-11)18(23)25-12-8-16(20)14(10-22)17(21)9-12/h4-5,7-9H,2-3,6H2,1H3. The Morgan fingerprint density at radius 1 is 1.08 bits per heavy atom. The first-order valence-corrected chi connectivity index (χ1v) is 7.50. The van der Waals surface area contributed by atoms with Gasteiger partial charge in [-0.3, -0.25) is 0 Å². The molecule has 0 aromatic heterocycles. The highest BCUT2D eigenvalue weighted by Gasteiger charge is 2.18. The van der Waals surface area contributed by atoms with Gasteiger partial charge in [0.25, 0.3) is 0 Å². The van der Waals surface area contributed by atoms with Crippen LogP contribution in [-0.2, 0) is 0 Å². The van der Waals surface area contributed by atoms with Crippen molar-refractivity contribution in [2.45, 2.75) is 19.8 Å². The zero-order chi connectivity index (χ0) is 18.4. The summed E-state index contributed by atoms with van der Waals surface area (Å²) in [5.41, 5.74) is -1.20. The SMILES string of the molecule is CCCCOc1ccc(C(=O)Oc2cc(F)c(C#N)c(F)c2)c(F)c1. The molecule has 0 saturated heterocycles. The summed E-state index contributed by atoms with van der Waals surface area (Å²) in [6.07, 6.45) is 1.73. The Hall–Kier alpha value is -3.01. The molecular formula is C18H14F3NO3. The van der Waals surface area contributed by atoms with E-state index in [2.05, 4.69) is 0 Å². The fourth-order valence-corrected chi connectivity index (χ4v) is 1.96. The van der Waals surface area contributed by atoms with Gasteiger partial charge in [-0.25, -0.2) is 18.0 Å². The number of halogens is 3. The zero-order valence-corrected chi connectivity index (χ0v) is 13.3. The van der Waals surface area contributed by atoms with Gasteiger partial charge in [-0.15, -0.1) is 0 Å². The highest BCUT2D eigenvalue weighted by molar-refractivity contribution is 5.91. The Labute approximate surface area is 142 Å². The number of hydrogen-bond donors (Lipinski definition) is 0. The number of carbonyl (C=O) groups is 1. The minimum absolute atomic E-state index is 0.262. The van der Waals surface area contributed by atoms with E-state index in [1.54, 1.807) is 0 Å².